The smallest absolute Gasteiger partial charge is 0.270 e. The molecule has 0 radical (unpaired) electrons. The molecule has 1 aromatic heterocycles. The first-order chi connectivity index (χ1) is 14.5. The van der Waals surface area contributed by atoms with Crippen LogP contribution in [-0.2, 0) is 11.2 Å². The van der Waals surface area contributed by atoms with Crippen LogP contribution in [0.25, 0.3) is 0 Å². The lowest BCUT2D eigenvalue weighted by Crippen LogP contribution is -2.65. The van der Waals surface area contributed by atoms with E-state index in [1.54, 1.807) is 12.4 Å². The van der Waals surface area contributed by atoms with Gasteiger partial charge in [-0.25, -0.2) is 0 Å². The second-order valence-electron chi connectivity index (χ2n) is 10.0. The van der Waals surface area contributed by atoms with Gasteiger partial charge >= 0.3 is 0 Å². The van der Waals surface area contributed by atoms with Crippen LogP contribution in [0.15, 0.2) is 60.3 Å². The molecule has 4 bridgehead atoms. The maximum atomic E-state index is 13.5. The molecule has 1 aromatic rings. The number of carbonyl (C=O) groups excluding carboxylic acids is 1. The Bertz CT molecular complexity index is 953. The van der Waals surface area contributed by atoms with Crippen molar-refractivity contribution in [2.24, 2.45) is 11.8 Å². The molecule has 3 heterocycles. The number of carbonyl (C=O) groups is 1. The molecule has 3 N–H and O–H groups in total. The van der Waals surface area contributed by atoms with Crippen molar-refractivity contribution >= 4 is 5.91 Å². The van der Waals surface area contributed by atoms with E-state index in [-0.39, 0.29) is 17.6 Å². The third-order valence-corrected chi connectivity index (χ3v) is 7.61. The van der Waals surface area contributed by atoms with E-state index in [4.69, 9.17) is 0 Å². The number of allylic oxidation sites excluding steroid dienone is 3. The third kappa shape index (κ3) is 2.97. The normalized spacial score (nSPS) is 38.0. The van der Waals surface area contributed by atoms with Crippen molar-refractivity contribution < 1.29 is 9.90 Å². The largest absolute Gasteiger partial charge is 0.390 e. The number of aliphatic hydroxyl groups is 1. The van der Waals surface area contributed by atoms with Crippen LogP contribution in [0, 0.1) is 11.8 Å². The van der Waals surface area contributed by atoms with E-state index in [0.29, 0.717) is 24.0 Å². The quantitative estimate of drug-likeness (QED) is 0.718. The summed E-state index contributed by atoms with van der Waals surface area (Å²) in [7, 11) is 0. The Morgan fingerprint density at radius 3 is 2.70 bits per heavy atom. The zero-order valence-corrected chi connectivity index (χ0v) is 17.1. The first-order valence-corrected chi connectivity index (χ1v) is 11.1. The number of nitrogens with one attached hydrogen (secondary N) is 2. The van der Waals surface area contributed by atoms with E-state index >= 15 is 0 Å². The van der Waals surface area contributed by atoms with E-state index < -0.39 is 5.60 Å². The van der Waals surface area contributed by atoms with E-state index in [2.05, 4.69) is 20.5 Å². The van der Waals surface area contributed by atoms with Crippen molar-refractivity contribution in [3.05, 3.63) is 65.9 Å². The molecule has 3 atom stereocenters. The topological polar surface area (TPSA) is 77.5 Å². The van der Waals surface area contributed by atoms with Crippen LogP contribution in [0.1, 0.15) is 44.1 Å². The minimum atomic E-state index is -0.582. The molecule has 0 spiro atoms. The predicted molar refractivity (Wildman–Crippen MR) is 113 cm³/mol. The van der Waals surface area contributed by atoms with E-state index in [9.17, 15) is 9.90 Å². The van der Waals surface area contributed by atoms with Crippen molar-refractivity contribution in [3.63, 3.8) is 0 Å². The second kappa shape index (κ2) is 6.45. The van der Waals surface area contributed by atoms with Gasteiger partial charge in [-0.2, -0.15) is 0 Å². The first-order valence-electron chi connectivity index (χ1n) is 11.1. The van der Waals surface area contributed by atoms with Gasteiger partial charge in [0.15, 0.2) is 0 Å². The average Bonchev–Trinajstić information content (AvgIpc) is 3.05. The molecule has 4 saturated carbocycles. The number of pyridine rings is 1. The highest BCUT2D eigenvalue weighted by molar-refractivity contribution is 5.95. The molecule has 3 unspecified atom stereocenters. The van der Waals surface area contributed by atoms with Crippen molar-refractivity contribution in [2.45, 2.75) is 62.3 Å². The second-order valence-corrected chi connectivity index (χ2v) is 10.0. The van der Waals surface area contributed by atoms with Gasteiger partial charge in [-0.1, -0.05) is 6.08 Å². The van der Waals surface area contributed by atoms with Crippen molar-refractivity contribution in [1.82, 2.24) is 20.5 Å². The first kappa shape index (κ1) is 18.2. The Hall–Kier alpha value is -2.60. The molecule has 4 aliphatic carbocycles. The summed E-state index contributed by atoms with van der Waals surface area (Å²) in [6.07, 6.45) is 18.1. The van der Waals surface area contributed by atoms with Gasteiger partial charge in [0.05, 0.1) is 11.3 Å². The van der Waals surface area contributed by atoms with E-state index in [1.165, 1.54) is 12.0 Å². The van der Waals surface area contributed by atoms with Crippen molar-refractivity contribution in [3.8, 4) is 0 Å². The molecule has 6 aliphatic rings. The predicted octanol–water partition coefficient (Wildman–Crippen LogP) is 2.35. The molecule has 6 nitrogen and oxygen atoms in total. The summed E-state index contributed by atoms with van der Waals surface area (Å²) in [5.41, 5.74) is 1.89. The Balaban J connectivity index is 1.24. The van der Waals surface area contributed by atoms with E-state index in [0.717, 1.165) is 37.8 Å². The summed E-state index contributed by atoms with van der Waals surface area (Å²) in [5.74, 6) is 1.04. The monoisotopic (exact) mass is 404 g/mol. The molecule has 2 aliphatic heterocycles. The summed E-state index contributed by atoms with van der Waals surface area (Å²) in [6.45, 7) is 0. The van der Waals surface area contributed by atoms with Crippen LogP contribution in [-0.4, -0.2) is 38.2 Å². The minimum absolute atomic E-state index is 0.00935. The molecule has 4 fully saturated rings. The fourth-order valence-corrected chi connectivity index (χ4v) is 6.99. The number of hydrogen-bond donors (Lipinski definition) is 3. The fourth-order valence-electron chi connectivity index (χ4n) is 6.99. The van der Waals surface area contributed by atoms with Crippen LogP contribution in [0.3, 0.4) is 0 Å². The van der Waals surface area contributed by atoms with E-state index in [1.807, 2.05) is 36.6 Å². The highest BCUT2D eigenvalue weighted by atomic mass is 16.3. The van der Waals surface area contributed by atoms with Gasteiger partial charge in [-0.15, -0.1) is 0 Å². The lowest BCUT2D eigenvalue weighted by atomic mass is 9.51. The van der Waals surface area contributed by atoms with Crippen LogP contribution in [0.5, 0.6) is 0 Å². The number of nitrogens with zero attached hydrogens (tertiary/aromatic N) is 2. The summed E-state index contributed by atoms with van der Waals surface area (Å²) < 4.78 is 0. The maximum absolute atomic E-state index is 13.5. The number of amides is 1. The Labute approximate surface area is 176 Å². The van der Waals surface area contributed by atoms with Crippen LogP contribution >= 0.6 is 0 Å². The number of fused-ring (bicyclic) bond motifs is 1. The molecule has 1 amide bonds. The Morgan fingerprint density at radius 1 is 1.20 bits per heavy atom. The number of aromatic nitrogens is 1. The lowest BCUT2D eigenvalue weighted by molar-refractivity contribution is -0.149. The molecule has 156 valence electrons. The zero-order chi connectivity index (χ0) is 20.3. The molecular weight excluding hydrogens is 376 g/mol. The summed E-state index contributed by atoms with van der Waals surface area (Å²) >= 11 is 0. The highest BCUT2D eigenvalue weighted by Gasteiger charge is 2.58. The SMILES string of the molecule is O=C(NC12CC3CC(CC(O)(C3)C1)C2)C1=C2C=CC=CN2C(Cc2ccncc2)N1. The molecule has 6 heteroatoms. The number of hydrogen-bond acceptors (Lipinski definition) is 5. The van der Waals surface area contributed by atoms with Crippen molar-refractivity contribution in [2.75, 3.05) is 0 Å². The average molecular weight is 405 g/mol. The molecular formula is C24H28N4O2. The molecule has 0 saturated heterocycles. The zero-order valence-electron chi connectivity index (χ0n) is 17.1. The highest BCUT2D eigenvalue weighted by Crippen LogP contribution is 2.57. The van der Waals surface area contributed by atoms with Crippen molar-refractivity contribution in [1.29, 1.82) is 0 Å². The van der Waals surface area contributed by atoms with Gasteiger partial charge in [0.2, 0.25) is 0 Å². The lowest BCUT2D eigenvalue weighted by Gasteiger charge is -2.60. The third-order valence-electron chi connectivity index (χ3n) is 7.61. The molecule has 0 aromatic carbocycles. The summed E-state index contributed by atoms with van der Waals surface area (Å²) in [5, 5.41) is 17.9. The van der Waals surface area contributed by atoms with Gasteiger partial charge in [-0.05, 0) is 80.2 Å². The van der Waals surface area contributed by atoms with Crippen LogP contribution in [0.2, 0.25) is 0 Å². The summed E-state index contributed by atoms with van der Waals surface area (Å²) in [4.78, 5) is 19.7. The summed E-state index contributed by atoms with van der Waals surface area (Å²) in [6, 6.07) is 4.03. The standard InChI is InChI=1S/C24H28N4O2/c29-22(27-23-11-17-9-18(12-23)14-24(30,13-17)15-23)21-19-3-1-2-8-28(19)20(26-21)10-16-4-6-25-7-5-16/h1-8,17-18,20,26,30H,9-15H2,(H,27,29). The Kier molecular flexibility index (Phi) is 3.91. The van der Waals surface area contributed by atoms with Gasteiger partial charge in [-0.3, -0.25) is 9.78 Å². The van der Waals surface area contributed by atoms with Gasteiger partial charge in [0.1, 0.15) is 11.9 Å². The Morgan fingerprint density at radius 2 is 1.97 bits per heavy atom. The van der Waals surface area contributed by atoms with Gasteiger partial charge in [0, 0.05) is 30.6 Å². The van der Waals surface area contributed by atoms with Gasteiger partial charge in [0.25, 0.3) is 5.91 Å². The molecule has 7 rings (SSSR count). The van der Waals surface area contributed by atoms with Crippen LogP contribution in [0.4, 0.5) is 0 Å². The number of rotatable bonds is 4. The van der Waals surface area contributed by atoms with Gasteiger partial charge < -0.3 is 20.6 Å². The fraction of sp³-hybridized carbons (Fsp3) is 0.500. The van der Waals surface area contributed by atoms with Crippen LogP contribution < -0.4 is 10.6 Å². The molecule has 30 heavy (non-hydrogen) atoms. The minimum Gasteiger partial charge on any atom is -0.390 e. The maximum Gasteiger partial charge on any atom is 0.270 e.